The second kappa shape index (κ2) is 8.04. The lowest BCUT2D eigenvalue weighted by molar-refractivity contribution is -0.111. The van der Waals surface area contributed by atoms with Gasteiger partial charge in [0.25, 0.3) is 0 Å². The summed E-state index contributed by atoms with van der Waals surface area (Å²) < 4.78 is 10.6. The van der Waals surface area contributed by atoms with Crippen LogP contribution < -0.4 is 20.1 Å². The van der Waals surface area contributed by atoms with E-state index in [1.165, 1.54) is 17.4 Å². The Bertz CT molecular complexity index is 896. The second-order valence-corrected chi connectivity index (χ2v) is 6.76. The van der Waals surface area contributed by atoms with Gasteiger partial charge in [-0.1, -0.05) is 12.1 Å². The zero-order chi connectivity index (χ0) is 18.5. The topological polar surface area (TPSA) is 83.4 Å². The van der Waals surface area contributed by atoms with Gasteiger partial charge in [-0.05, 0) is 30.7 Å². The number of hydrogen-bond donors (Lipinski definition) is 2. The minimum Gasteiger partial charge on any atom is -0.493 e. The van der Waals surface area contributed by atoms with E-state index in [9.17, 15) is 10.1 Å². The molecule has 1 aromatic carbocycles. The summed E-state index contributed by atoms with van der Waals surface area (Å²) in [4.78, 5) is 13.4. The first-order valence-electron chi connectivity index (χ1n) is 8.13. The van der Waals surface area contributed by atoms with Crippen molar-refractivity contribution in [1.29, 1.82) is 5.26 Å². The van der Waals surface area contributed by atoms with Gasteiger partial charge in [0.05, 0.1) is 19.8 Å². The van der Waals surface area contributed by atoms with Crippen molar-refractivity contribution in [1.82, 2.24) is 5.32 Å². The van der Waals surface area contributed by atoms with Crippen molar-refractivity contribution in [2.45, 2.75) is 13.0 Å². The zero-order valence-electron chi connectivity index (χ0n) is 14.6. The summed E-state index contributed by atoms with van der Waals surface area (Å²) in [7, 11) is 3.12. The minimum absolute atomic E-state index is 0.294. The Morgan fingerprint density at radius 1 is 1.38 bits per heavy atom. The Morgan fingerprint density at radius 2 is 2.23 bits per heavy atom. The van der Waals surface area contributed by atoms with Crippen LogP contribution in [0.3, 0.4) is 0 Å². The molecule has 0 radical (unpaired) electrons. The summed E-state index contributed by atoms with van der Waals surface area (Å²) in [6.07, 6.45) is 3.90. The largest absolute Gasteiger partial charge is 0.493 e. The zero-order valence-corrected chi connectivity index (χ0v) is 15.4. The van der Waals surface area contributed by atoms with Gasteiger partial charge in [-0.2, -0.15) is 5.26 Å². The molecule has 0 saturated heterocycles. The third kappa shape index (κ3) is 3.57. The van der Waals surface area contributed by atoms with E-state index in [2.05, 4.69) is 16.7 Å². The number of fused-ring (bicyclic) bond motifs is 1. The van der Waals surface area contributed by atoms with Crippen LogP contribution in [0.2, 0.25) is 0 Å². The molecule has 1 amide bonds. The van der Waals surface area contributed by atoms with E-state index in [-0.39, 0.29) is 5.91 Å². The maximum atomic E-state index is 12.3. The number of methoxy groups -OCH3 is 2. The third-order valence-corrected chi connectivity index (χ3v) is 5.27. The van der Waals surface area contributed by atoms with Crippen LogP contribution in [0.1, 0.15) is 21.6 Å². The highest BCUT2D eigenvalue weighted by Crippen LogP contribution is 2.35. The molecule has 0 fully saturated rings. The van der Waals surface area contributed by atoms with E-state index in [1.54, 1.807) is 26.4 Å². The maximum absolute atomic E-state index is 12.3. The summed E-state index contributed by atoms with van der Waals surface area (Å²) >= 11 is 1.45. The number of anilines is 1. The van der Waals surface area contributed by atoms with Crippen LogP contribution in [0.25, 0.3) is 6.08 Å². The van der Waals surface area contributed by atoms with Crippen LogP contribution >= 0.6 is 11.3 Å². The Morgan fingerprint density at radius 3 is 2.96 bits per heavy atom. The van der Waals surface area contributed by atoms with Gasteiger partial charge in [0.1, 0.15) is 11.1 Å². The van der Waals surface area contributed by atoms with E-state index in [0.29, 0.717) is 22.1 Å². The van der Waals surface area contributed by atoms with Crippen LogP contribution in [0, 0.1) is 11.3 Å². The highest BCUT2D eigenvalue weighted by molar-refractivity contribution is 7.16. The first-order chi connectivity index (χ1) is 12.7. The van der Waals surface area contributed by atoms with Gasteiger partial charge >= 0.3 is 0 Å². The molecule has 0 spiro atoms. The minimum atomic E-state index is -0.294. The molecule has 0 aliphatic carbocycles. The maximum Gasteiger partial charge on any atom is 0.249 e. The fourth-order valence-corrected chi connectivity index (χ4v) is 4.07. The predicted molar refractivity (Wildman–Crippen MR) is 102 cm³/mol. The number of nitrogens with one attached hydrogen (secondary N) is 2. The summed E-state index contributed by atoms with van der Waals surface area (Å²) in [6, 6.07) is 7.68. The molecule has 0 bridgehead atoms. The molecule has 3 rings (SSSR count). The summed E-state index contributed by atoms with van der Waals surface area (Å²) in [6.45, 7) is 1.59. The number of rotatable bonds is 5. The van der Waals surface area contributed by atoms with E-state index in [1.807, 2.05) is 12.1 Å². The molecule has 1 aliphatic heterocycles. The molecule has 7 heteroatoms. The van der Waals surface area contributed by atoms with E-state index >= 15 is 0 Å². The van der Waals surface area contributed by atoms with Gasteiger partial charge < -0.3 is 20.1 Å². The first-order valence-corrected chi connectivity index (χ1v) is 8.95. The molecule has 134 valence electrons. The average Bonchev–Trinajstić information content (AvgIpc) is 3.02. The highest BCUT2D eigenvalue weighted by atomic mass is 32.1. The molecular formula is C19H19N3O3S. The average molecular weight is 369 g/mol. The number of para-hydroxylation sites is 1. The van der Waals surface area contributed by atoms with E-state index in [0.717, 1.165) is 35.5 Å². The standard InChI is InChI=1S/C19H19N3O3S/c1-24-15-5-3-4-12(18(15)25-2)6-7-17(23)22-19-14(10-20)13-8-9-21-11-16(13)26-19/h3-7,21H,8-9,11H2,1-2H3,(H,22,23)/b7-6-. The van der Waals surface area contributed by atoms with Crippen molar-refractivity contribution < 1.29 is 14.3 Å². The number of hydrogen-bond acceptors (Lipinski definition) is 6. The number of carbonyl (C=O) groups is 1. The van der Waals surface area contributed by atoms with E-state index < -0.39 is 0 Å². The number of ether oxygens (including phenoxy) is 2. The quantitative estimate of drug-likeness (QED) is 0.792. The monoisotopic (exact) mass is 369 g/mol. The Hall–Kier alpha value is -2.82. The van der Waals surface area contributed by atoms with Gasteiger partial charge in [-0.3, -0.25) is 4.79 Å². The first kappa shape index (κ1) is 18.0. The van der Waals surface area contributed by atoms with Gasteiger partial charge in [0.15, 0.2) is 11.5 Å². The number of nitrogens with zero attached hydrogens (tertiary/aromatic N) is 1. The highest BCUT2D eigenvalue weighted by Gasteiger charge is 2.21. The van der Waals surface area contributed by atoms with Crippen LogP contribution in [0.4, 0.5) is 5.00 Å². The summed E-state index contributed by atoms with van der Waals surface area (Å²) in [5, 5.41) is 16.2. The number of nitriles is 1. The lowest BCUT2D eigenvalue weighted by atomic mass is 10.1. The van der Waals surface area contributed by atoms with Crippen molar-refractivity contribution in [3.05, 3.63) is 45.8 Å². The van der Waals surface area contributed by atoms with Crippen LogP contribution in [0.15, 0.2) is 24.3 Å². The van der Waals surface area contributed by atoms with Crippen molar-refractivity contribution in [2.75, 3.05) is 26.1 Å². The summed E-state index contributed by atoms with van der Waals surface area (Å²) in [5.74, 6) is 0.868. The molecule has 26 heavy (non-hydrogen) atoms. The van der Waals surface area contributed by atoms with Gasteiger partial charge in [-0.15, -0.1) is 11.3 Å². The molecule has 1 aliphatic rings. The normalized spacial score (nSPS) is 13.1. The molecular weight excluding hydrogens is 350 g/mol. The summed E-state index contributed by atoms with van der Waals surface area (Å²) in [5.41, 5.74) is 2.36. The molecule has 0 unspecified atom stereocenters. The van der Waals surface area contributed by atoms with Crippen LogP contribution in [-0.2, 0) is 17.8 Å². The molecule has 0 atom stereocenters. The smallest absolute Gasteiger partial charge is 0.249 e. The molecule has 2 heterocycles. The van der Waals surface area contributed by atoms with Crippen molar-refractivity contribution in [3.8, 4) is 17.6 Å². The number of thiophene rings is 1. The Labute approximate surface area is 156 Å². The molecule has 1 aromatic heterocycles. The molecule has 2 aromatic rings. The lowest BCUT2D eigenvalue weighted by Gasteiger charge is -2.11. The van der Waals surface area contributed by atoms with Crippen molar-refractivity contribution >= 4 is 28.3 Å². The fraction of sp³-hybridized carbons (Fsp3) is 0.263. The molecule has 2 N–H and O–H groups in total. The van der Waals surface area contributed by atoms with E-state index in [4.69, 9.17) is 9.47 Å². The Balaban J connectivity index is 1.79. The lowest BCUT2D eigenvalue weighted by Crippen LogP contribution is -2.22. The van der Waals surface area contributed by atoms with Crippen LogP contribution in [0.5, 0.6) is 11.5 Å². The predicted octanol–water partition coefficient (Wildman–Crippen LogP) is 2.93. The fourth-order valence-electron chi connectivity index (χ4n) is 2.90. The van der Waals surface area contributed by atoms with Crippen LogP contribution in [-0.4, -0.2) is 26.7 Å². The SMILES string of the molecule is COc1cccc(/C=C\C(=O)Nc2sc3c(c2C#N)CCNC3)c1OC. The number of carbonyl (C=O) groups excluding carboxylic acids is 1. The third-order valence-electron chi connectivity index (χ3n) is 4.12. The Kier molecular flexibility index (Phi) is 5.56. The van der Waals surface area contributed by atoms with Crippen molar-refractivity contribution in [3.63, 3.8) is 0 Å². The number of amides is 1. The van der Waals surface area contributed by atoms with Gasteiger partial charge in [-0.25, -0.2) is 0 Å². The number of benzene rings is 1. The van der Waals surface area contributed by atoms with Crippen molar-refractivity contribution in [2.24, 2.45) is 0 Å². The second-order valence-electron chi connectivity index (χ2n) is 5.65. The molecule has 6 nitrogen and oxygen atoms in total. The molecule has 0 saturated carbocycles. The van der Waals surface area contributed by atoms with Gasteiger partial charge in [0.2, 0.25) is 5.91 Å². The van der Waals surface area contributed by atoms with Gasteiger partial charge in [0, 0.05) is 23.1 Å².